The summed E-state index contributed by atoms with van der Waals surface area (Å²) >= 11 is 4.24. The number of thiol groups is 1. The molecule has 1 saturated heterocycles. The quantitative estimate of drug-likeness (QED) is 0.552. The molecule has 1 unspecified atom stereocenters. The zero-order chi connectivity index (χ0) is 10.4. The van der Waals surface area contributed by atoms with Crippen LogP contribution in [0.2, 0.25) is 0 Å². The van der Waals surface area contributed by atoms with Crippen LogP contribution in [0.1, 0.15) is 26.7 Å². The summed E-state index contributed by atoms with van der Waals surface area (Å²) in [5.74, 6) is 1.03. The number of likely N-dealkylation sites (N-methyl/N-ethyl adjacent to an activating group) is 1. The first-order valence-corrected chi connectivity index (χ1v) is 6.48. The molecule has 1 fully saturated rings. The van der Waals surface area contributed by atoms with Crippen LogP contribution in [-0.2, 0) is 0 Å². The molecule has 0 bridgehead atoms. The Bertz CT molecular complexity index is 150. The molecule has 0 radical (unpaired) electrons. The van der Waals surface area contributed by atoms with Gasteiger partial charge in [0.05, 0.1) is 0 Å². The largest absolute Gasteiger partial charge is 0.301 e. The standard InChI is InChI=1S/C11H24N2S/c1-3-13-8-7-12(10-11(13)2)6-4-5-9-14/h11,14H,3-10H2,1-2H3. The highest BCUT2D eigenvalue weighted by atomic mass is 32.1. The van der Waals surface area contributed by atoms with Gasteiger partial charge in [-0.3, -0.25) is 4.90 Å². The lowest BCUT2D eigenvalue weighted by atomic mass is 10.2. The van der Waals surface area contributed by atoms with Crippen LogP contribution in [0.25, 0.3) is 0 Å². The Hall–Kier alpha value is 0.270. The number of piperazine rings is 1. The third kappa shape index (κ3) is 3.79. The van der Waals surface area contributed by atoms with Crippen molar-refractivity contribution >= 4 is 12.6 Å². The molecular formula is C11H24N2S. The fourth-order valence-corrected chi connectivity index (χ4v) is 2.41. The summed E-state index contributed by atoms with van der Waals surface area (Å²) < 4.78 is 0. The lowest BCUT2D eigenvalue weighted by Crippen LogP contribution is -2.51. The van der Waals surface area contributed by atoms with Crippen LogP contribution in [0.4, 0.5) is 0 Å². The van der Waals surface area contributed by atoms with E-state index in [2.05, 4.69) is 36.3 Å². The van der Waals surface area contributed by atoms with Gasteiger partial charge in [0.15, 0.2) is 0 Å². The third-order valence-electron chi connectivity index (χ3n) is 3.14. The molecule has 0 saturated carbocycles. The molecule has 0 aromatic heterocycles. The van der Waals surface area contributed by atoms with Gasteiger partial charge in [0.25, 0.3) is 0 Å². The Morgan fingerprint density at radius 3 is 2.64 bits per heavy atom. The fourth-order valence-electron chi connectivity index (χ4n) is 2.19. The van der Waals surface area contributed by atoms with Gasteiger partial charge in [-0.1, -0.05) is 6.92 Å². The Morgan fingerprint density at radius 1 is 1.29 bits per heavy atom. The van der Waals surface area contributed by atoms with E-state index < -0.39 is 0 Å². The van der Waals surface area contributed by atoms with Crippen LogP contribution in [0.3, 0.4) is 0 Å². The van der Waals surface area contributed by atoms with Gasteiger partial charge in [-0.2, -0.15) is 12.6 Å². The molecule has 0 N–H and O–H groups in total. The van der Waals surface area contributed by atoms with E-state index >= 15 is 0 Å². The van der Waals surface area contributed by atoms with Gasteiger partial charge in [-0.05, 0) is 38.6 Å². The maximum Gasteiger partial charge on any atom is 0.0195 e. The van der Waals surface area contributed by atoms with Gasteiger partial charge in [-0.15, -0.1) is 0 Å². The summed E-state index contributed by atoms with van der Waals surface area (Å²) in [6, 6.07) is 0.741. The van der Waals surface area contributed by atoms with Crippen LogP contribution in [0, 0.1) is 0 Å². The molecule has 1 atom stereocenters. The Balaban J connectivity index is 2.18. The Labute approximate surface area is 94.1 Å². The first-order chi connectivity index (χ1) is 6.77. The van der Waals surface area contributed by atoms with Crippen LogP contribution in [-0.4, -0.2) is 54.3 Å². The zero-order valence-corrected chi connectivity index (χ0v) is 10.5. The summed E-state index contributed by atoms with van der Waals surface area (Å²) in [6.07, 6.45) is 2.56. The van der Waals surface area contributed by atoms with Crippen molar-refractivity contribution < 1.29 is 0 Å². The average Bonchev–Trinajstić information content (AvgIpc) is 2.18. The van der Waals surface area contributed by atoms with E-state index in [1.165, 1.54) is 45.6 Å². The van der Waals surface area contributed by atoms with E-state index in [1.54, 1.807) is 0 Å². The van der Waals surface area contributed by atoms with Crippen molar-refractivity contribution in [1.29, 1.82) is 0 Å². The van der Waals surface area contributed by atoms with Crippen LogP contribution >= 0.6 is 12.6 Å². The second-order valence-electron chi connectivity index (χ2n) is 4.21. The molecule has 2 nitrogen and oxygen atoms in total. The second kappa shape index (κ2) is 6.70. The predicted octanol–water partition coefficient (Wildman–Crippen LogP) is 1.72. The van der Waals surface area contributed by atoms with Gasteiger partial charge < -0.3 is 4.90 Å². The summed E-state index contributed by atoms with van der Waals surface area (Å²) in [6.45, 7) is 10.8. The molecular weight excluding hydrogens is 192 g/mol. The van der Waals surface area contributed by atoms with Crippen molar-refractivity contribution in [3.05, 3.63) is 0 Å². The van der Waals surface area contributed by atoms with Crippen molar-refractivity contribution in [1.82, 2.24) is 9.80 Å². The summed E-state index contributed by atoms with van der Waals surface area (Å²) in [7, 11) is 0. The SMILES string of the molecule is CCN1CCN(CCCCS)CC1C. The first kappa shape index (κ1) is 12.3. The summed E-state index contributed by atoms with van der Waals surface area (Å²) in [4.78, 5) is 5.16. The number of nitrogens with zero attached hydrogens (tertiary/aromatic N) is 2. The van der Waals surface area contributed by atoms with E-state index in [9.17, 15) is 0 Å². The van der Waals surface area contributed by atoms with Crippen molar-refractivity contribution in [2.45, 2.75) is 32.7 Å². The molecule has 0 aromatic carbocycles. The molecule has 1 aliphatic rings. The molecule has 0 aliphatic carbocycles. The molecule has 0 spiro atoms. The van der Waals surface area contributed by atoms with Crippen molar-refractivity contribution in [3.63, 3.8) is 0 Å². The summed E-state index contributed by atoms with van der Waals surface area (Å²) in [5.41, 5.74) is 0. The highest BCUT2D eigenvalue weighted by Crippen LogP contribution is 2.09. The van der Waals surface area contributed by atoms with Gasteiger partial charge in [-0.25, -0.2) is 0 Å². The normalized spacial score (nSPS) is 25.5. The lowest BCUT2D eigenvalue weighted by Gasteiger charge is -2.39. The molecule has 1 aliphatic heterocycles. The van der Waals surface area contributed by atoms with E-state index in [0.717, 1.165) is 11.8 Å². The molecule has 84 valence electrons. The number of unbranched alkanes of at least 4 members (excludes halogenated alkanes) is 1. The van der Waals surface area contributed by atoms with Crippen LogP contribution < -0.4 is 0 Å². The minimum atomic E-state index is 0.741. The predicted molar refractivity (Wildman–Crippen MR) is 66.2 cm³/mol. The molecule has 3 heteroatoms. The van der Waals surface area contributed by atoms with Crippen molar-refractivity contribution in [2.75, 3.05) is 38.5 Å². The molecule has 1 rings (SSSR count). The molecule has 14 heavy (non-hydrogen) atoms. The van der Waals surface area contributed by atoms with Crippen LogP contribution in [0.15, 0.2) is 0 Å². The minimum absolute atomic E-state index is 0.741. The van der Waals surface area contributed by atoms with E-state index in [-0.39, 0.29) is 0 Å². The monoisotopic (exact) mass is 216 g/mol. The van der Waals surface area contributed by atoms with Crippen LogP contribution in [0.5, 0.6) is 0 Å². The van der Waals surface area contributed by atoms with E-state index in [0.29, 0.717) is 0 Å². The Kier molecular flexibility index (Phi) is 5.90. The van der Waals surface area contributed by atoms with E-state index in [4.69, 9.17) is 0 Å². The smallest absolute Gasteiger partial charge is 0.0195 e. The van der Waals surface area contributed by atoms with Gasteiger partial charge in [0.2, 0.25) is 0 Å². The second-order valence-corrected chi connectivity index (χ2v) is 4.66. The number of rotatable bonds is 5. The van der Waals surface area contributed by atoms with Gasteiger partial charge >= 0.3 is 0 Å². The molecule has 0 amide bonds. The fraction of sp³-hybridized carbons (Fsp3) is 1.00. The zero-order valence-electron chi connectivity index (χ0n) is 9.58. The van der Waals surface area contributed by atoms with Crippen molar-refractivity contribution in [2.24, 2.45) is 0 Å². The lowest BCUT2D eigenvalue weighted by molar-refractivity contribution is 0.0873. The maximum atomic E-state index is 4.24. The van der Waals surface area contributed by atoms with Gasteiger partial charge in [0, 0.05) is 25.7 Å². The summed E-state index contributed by atoms with van der Waals surface area (Å²) in [5, 5.41) is 0. The highest BCUT2D eigenvalue weighted by molar-refractivity contribution is 7.80. The number of hydrogen-bond acceptors (Lipinski definition) is 3. The van der Waals surface area contributed by atoms with Gasteiger partial charge in [0.1, 0.15) is 0 Å². The molecule has 1 heterocycles. The average molecular weight is 216 g/mol. The Morgan fingerprint density at radius 2 is 2.07 bits per heavy atom. The molecule has 0 aromatic rings. The topological polar surface area (TPSA) is 6.48 Å². The van der Waals surface area contributed by atoms with Crippen molar-refractivity contribution in [3.8, 4) is 0 Å². The minimum Gasteiger partial charge on any atom is -0.301 e. The highest BCUT2D eigenvalue weighted by Gasteiger charge is 2.21. The third-order valence-corrected chi connectivity index (χ3v) is 3.45. The van der Waals surface area contributed by atoms with E-state index in [1.807, 2.05) is 0 Å². The number of hydrogen-bond donors (Lipinski definition) is 1. The maximum absolute atomic E-state index is 4.24. The first-order valence-electron chi connectivity index (χ1n) is 5.85.